The summed E-state index contributed by atoms with van der Waals surface area (Å²) in [5, 5.41) is 0. The van der Waals surface area contributed by atoms with Gasteiger partial charge in [0.05, 0.1) is 0 Å². The smallest absolute Gasteiger partial charge is 0.277 e. The summed E-state index contributed by atoms with van der Waals surface area (Å²) in [5.41, 5.74) is 5.43. The summed E-state index contributed by atoms with van der Waals surface area (Å²) in [5.74, 6) is 0.242. The van der Waals surface area contributed by atoms with Crippen molar-refractivity contribution in [3.63, 3.8) is 0 Å². The Hall–Kier alpha value is -0.170. The van der Waals surface area contributed by atoms with Gasteiger partial charge in [-0.25, -0.2) is 4.72 Å². The van der Waals surface area contributed by atoms with Crippen LogP contribution in [0.5, 0.6) is 0 Å². The van der Waals surface area contributed by atoms with Gasteiger partial charge in [0.15, 0.2) is 0 Å². The lowest BCUT2D eigenvalue weighted by molar-refractivity contribution is 0.425. The van der Waals surface area contributed by atoms with Gasteiger partial charge in [0.2, 0.25) is 0 Å². The number of hydrogen-bond acceptors (Lipinski definition) is 3. The molecule has 0 aliphatic carbocycles. The van der Waals surface area contributed by atoms with Crippen LogP contribution >= 0.6 is 0 Å². The van der Waals surface area contributed by atoms with Gasteiger partial charge in [-0.2, -0.15) is 13.1 Å². The molecular formula is C9H23N3O2S. The van der Waals surface area contributed by atoms with E-state index in [9.17, 15) is 8.42 Å². The molecule has 15 heavy (non-hydrogen) atoms. The van der Waals surface area contributed by atoms with E-state index in [0.29, 0.717) is 19.5 Å². The molecule has 0 aromatic carbocycles. The second-order valence-corrected chi connectivity index (χ2v) is 5.47. The molecule has 0 aliphatic heterocycles. The first kappa shape index (κ1) is 14.8. The van der Waals surface area contributed by atoms with Crippen molar-refractivity contribution in [1.82, 2.24) is 9.44 Å². The Morgan fingerprint density at radius 2 is 1.93 bits per heavy atom. The second kappa shape index (κ2) is 7.16. The van der Waals surface area contributed by atoms with Crippen LogP contribution in [0.2, 0.25) is 0 Å². The van der Waals surface area contributed by atoms with Crippen molar-refractivity contribution >= 4 is 10.2 Å². The Bertz CT molecular complexity index is 252. The molecule has 0 saturated carbocycles. The van der Waals surface area contributed by atoms with Gasteiger partial charge in [0.1, 0.15) is 0 Å². The predicted octanol–water partition coefficient (Wildman–Crippen LogP) is 0.194. The fourth-order valence-corrected chi connectivity index (χ4v) is 2.53. The van der Waals surface area contributed by atoms with Crippen LogP contribution in [0.1, 0.15) is 33.6 Å². The predicted molar refractivity (Wildman–Crippen MR) is 62.6 cm³/mol. The average Bonchev–Trinajstić information content (AvgIpc) is 2.14. The molecule has 0 spiro atoms. The van der Waals surface area contributed by atoms with Crippen molar-refractivity contribution in [3.05, 3.63) is 0 Å². The maximum Gasteiger partial charge on any atom is 0.277 e. The highest BCUT2D eigenvalue weighted by molar-refractivity contribution is 7.87. The van der Waals surface area contributed by atoms with E-state index < -0.39 is 10.2 Å². The molecule has 0 amide bonds. The molecule has 0 aromatic heterocycles. The normalized spacial score (nSPS) is 14.5. The molecule has 1 unspecified atom stereocenters. The van der Waals surface area contributed by atoms with Crippen LogP contribution in [0.15, 0.2) is 0 Å². The zero-order valence-electron chi connectivity index (χ0n) is 9.79. The number of nitrogens with two attached hydrogens (primary N) is 1. The highest BCUT2D eigenvalue weighted by atomic mass is 32.2. The molecule has 0 radical (unpaired) electrons. The Balaban J connectivity index is 4.25. The molecule has 6 heteroatoms. The van der Waals surface area contributed by atoms with Gasteiger partial charge < -0.3 is 5.73 Å². The van der Waals surface area contributed by atoms with Crippen LogP contribution in [0.4, 0.5) is 0 Å². The molecule has 5 nitrogen and oxygen atoms in total. The lowest BCUT2D eigenvalue weighted by atomic mass is 10.0. The fourth-order valence-electron chi connectivity index (χ4n) is 1.19. The van der Waals surface area contributed by atoms with Crippen LogP contribution in [0, 0.1) is 5.92 Å². The van der Waals surface area contributed by atoms with E-state index in [4.69, 9.17) is 5.73 Å². The van der Waals surface area contributed by atoms with Crippen molar-refractivity contribution in [2.45, 2.75) is 39.7 Å². The van der Waals surface area contributed by atoms with Crippen molar-refractivity contribution in [1.29, 1.82) is 0 Å². The van der Waals surface area contributed by atoms with Crippen molar-refractivity contribution in [3.8, 4) is 0 Å². The topological polar surface area (TPSA) is 84.2 Å². The first-order valence-corrected chi connectivity index (χ1v) is 6.88. The molecule has 1 atom stereocenters. The van der Waals surface area contributed by atoms with E-state index >= 15 is 0 Å². The average molecular weight is 237 g/mol. The highest BCUT2D eigenvalue weighted by Gasteiger charge is 2.19. The highest BCUT2D eigenvalue weighted by Crippen LogP contribution is 2.05. The third-order valence-corrected chi connectivity index (χ3v) is 3.33. The third kappa shape index (κ3) is 6.83. The van der Waals surface area contributed by atoms with Crippen molar-refractivity contribution in [2.75, 3.05) is 13.1 Å². The molecule has 0 rings (SSSR count). The summed E-state index contributed by atoms with van der Waals surface area (Å²) in [6.45, 7) is 6.82. The molecule has 0 bridgehead atoms. The summed E-state index contributed by atoms with van der Waals surface area (Å²) in [7, 11) is -3.37. The largest absolute Gasteiger partial charge is 0.330 e. The maximum absolute atomic E-state index is 11.5. The van der Waals surface area contributed by atoms with Gasteiger partial charge in [-0.3, -0.25) is 0 Å². The van der Waals surface area contributed by atoms with E-state index in [0.717, 1.165) is 6.42 Å². The van der Waals surface area contributed by atoms with Gasteiger partial charge in [-0.1, -0.05) is 20.8 Å². The molecule has 0 aliphatic rings. The fraction of sp³-hybridized carbons (Fsp3) is 1.00. The van der Waals surface area contributed by atoms with Gasteiger partial charge in [0, 0.05) is 12.6 Å². The minimum absolute atomic E-state index is 0.0932. The number of nitrogens with one attached hydrogen (secondary N) is 2. The van der Waals surface area contributed by atoms with Crippen LogP contribution in [0.25, 0.3) is 0 Å². The van der Waals surface area contributed by atoms with E-state index in [-0.39, 0.29) is 12.0 Å². The molecule has 92 valence electrons. The maximum atomic E-state index is 11.5. The van der Waals surface area contributed by atoms with Crippen LogP contribution in [0.3, 0.4) is 0 Å². The lowest BCUT2D eigenvalue weighted by Crippen LogP contribution is -2.45. The monoisotopic (exact) mass is 237 g/mol. The third-order valence-electron chi connectivity index (χ3n) is 2.13. The van der Waals surface area contributed by atoms with Crippen molar-refractivity contribution < 1.29 is 8.42 Å². The SMILES string of the molecule is CCCNS(=O)(=O)NC(CCN)C(C)C. The Morgan fingerprint density at radius 3 is 2.33 bits per heavy atom. The number of rotatable bonds is 8. The quantitative estimate of drug-likeness (QED) is 0.563. The number of hydrogen-bond donors (Lipinski definition) is 3. The van der Waals surface area contributed by atoms with E-state index in [1.807, 2.05) is 20.8 Å². The van der Waals surface area contributed by atoms with E-state index in [1.165, 1.54) is 0 Å². The van der Waals surface area contributed by atoms with Crippen LogP contribution in [-0.4, -0.2) is 27.5 Å². The zero-order chi connectivity index (χ0) is 11.9. The Morgan fingerprint density at radius 1 is 1.33 bits per heavy atom. The summed E-state index contributed by atoms with van der Waals surface area (Å²) < 4.78 is 28.1. The first-order chi connectivity index (χ1) is 6.93. The van der Waals surface area contributed by atoms with Gasteiger partial charge >= 0.3 is 0 Å². The van der Waals surface area contributed by atoms with Gasteiger partial charge in [-0.15, -0.1) is 0 Å². The lowest BCUT2D eigenvalue weighted by Gasteiger charge is -2.21. The summed E-state index contributed by atoms with van der Waals surface area (Å²) in [6.07, 6.45) is 1.44. The van der Waals surface area contributed by atoms with Crippen LogP contribution in [-0.2, 0) is 10.2 Å². The Labute approximate surface area is 93.0 Å². The van der Waals surface area contributed by atoms with Gasteiger partial charge in [-0.05, 0) is 25.3 Å². The minimum Gasteiger partial charge on any atom is -0.330 e. The second-order valence-electron chi connectivity index (χ2n) is 3.94. The summed E-state index contributed by atoms with van der Waals surface area (Å²) >= 11 is 0. The molecule has 4 N–H and O–H groups in total. The van der Waals surface area contributed by atoms with Crippen molar-refractivity contribution in [2.24, 2.45) is 11.7 Å². The standard InChI is InChI=1S/C9H23N3O2S/c1-4-7-11-15(13,14)12-9(5-6-10)8(2)3/h8-9,11-12H,4-7,10H2,1-3H3. The van der Waals surface area contributed by atoms with Crippen LogP contribution < -0.4 is 15.2 Å². The molecule has 0 fully saturated rings. The zero-order valence-corrected chi connectivity index (χ0v) is 10.6. The molecule has 0 saturated heterocycles. The molecule has 0 aromatic rings. The van der Waals surface area contributed by atoms with E-state index in [1.54, 1.807) is 0 Å². The molecule has 0 heterocycles. The Kier molecular flexibility index (Phi) is 7.08. The summed E-state index contributed by atoms with van der Waals surface area (Å²) in [4.78, 5) is 0. The summed E-state index contributed by atoms with van der Waals surface area (Å²) in [6, 6.07) is -0.0932. The minimum atomic E-state index is -3.37. The first-order valence-electron chi connectivity index (χ1n) is 5.40. The van der Waals surface area contributed by atoms with E-state index in [2.05, 4.69) is 9.44 Å². The molecular weight excluding hydrogens is 214 g/mol. The van der Waals surface area contributed by atoms with Gasteiger partial charge in [0.25, 0.3) is 10.2 Å².